The van der Waals surface area contributed by atoms with Crippen LogP contribution >= 0.6 is 36.6 Å². The molecule has 1 aromatic heterocycles. The van der Waals surface area contributed by atoms with Crippen molar-refractivity contribution in [3.05, 3.63) is 30.1 Å². The minimum atomic E-state index is 0. The number of nitrogens with one attached hydrogen (secondary N) is 2. The fourth-order valence-corrected chi connectivity index (χ4v) is 3.79. The summed E-state index contributed by atoms with van der Waals surface area (Å²) in [6.45, 7) is 3.06. The summed E-state index contributed by atoms with van der Waals surface area (Å²) in [6.07, 6.45) is 5.76. The Hall–Kier alpha value is -0.530. The summed E-state index contributed by atoms with van der Waals surface area (Å²) in [5.74, 6) is 1.96. The average molecular weight is 379 g/mol. The molecule has 1 unspecified atom stereocenters. The highest BCUT2D eigenvalue weighted by Gasteiger charge is 2.26. The largest absolute Gasteiger partial charge is 0.352 e. The Bertz CT molecular complexity index is 466. The zero-order valence-corrected chi connectivity index (χ0v) is 15.4. The van der Waals surface area contributed by atoms with E-state index < -0.39 is 0 Å². The van der Waals surface area contributed by atoms with Gasteiger partial charge in [-0.15, -0.1) is 36.6 Å². The first-order chi connectivity index (χ1) is 10.3. The van der Waals surface area contributed by atoms with Crippen molar-refractivity contribution in [2.24, 2.45) is 0 Å². The third kappa shape index (κ3) is 6.12. The van der Waals surface area contributed by atoms with Gasteiger partial charge in [-0.3, -0.25) is 20.0 Å². The Labute approximate surface area is 154 Å². The predicted molar refractivity (Wildman–Crippen MR) is 99.4 cm³/mol. The van der Waals surface area contributed by atoms with Gasteiger partial charge >= 0.3 is 0 Å². The molecule has 23 heavy (non-hydrogen) atoms. The van der Waals surface area contributed by atoms with Crippen molar-refractivity contribution in [3.8, 4) is 0 Å². The lowest BCUT2D eigenvalue weighted by atomic mass is 10.0. The molecule has 2 fully saturated rings. The molecule has 1 amide bonds. The molecule has 2 N–H and O–H groups in total. The lowest BCUT2D eigenvalue weighted by molar-refractivity contribution is -0.123. The van der Waals surface area contributed by atoms with Crippen LogP contribution in [0, 0.1) is 0 Å². The van der Waals surface area contributed by atoms with Gasteiger partial charge in [0, 0.05) is 49.7 Å². The number of hydrogen-bond donors (Lipinski definition) is 2. The molecule has 130 valence electrons. The van der Waals surface area contributed by atoms with E-state index in [0.29, 0.717) is 6.04 Å². The molecule has 0 bridgehead atoms. The van der Waals surface area contributed by atoms with E-state index in [4.69, 9.17) is 0 Å². The van der Waals surface area contributed by atoms with Gasteiger partial charge in [0.05, 0.1) is 6.04 Å². The van der Waals surface area contributed by atoms with Crippen LogP contribution in [0.4, 0.5) is 0 Å². The second-order valence-corrected chi connectivity index (χ2v) is 6.72. The Balaban J connectivity index is 0.00000132. The van der Waals surface area contributed by atoms with Gasteiger partial charge in [0.1, 0.15) is 0 Å². The summed E-state index contributed by atoms with van der Waals surface area (Å²) in [4.78, 5) is 18.6. The zero-order chi connectivity index (χ0) is 14.5. The highest BCUT2D eigenvalue weighted by atomic mass is 35.5. The third-order valence-corrected chi connectivity index (χ3v) is 5.06. The van der Waals surface area contributed by atoms with Crippen LogP contribution in [-0.2, 0) is 11.3 Å². The Morgan fingerprint density at radius 3 is 2.61 bits per heavy atom. The monoisotopic (exact) mass is 378 g/mol. The van der Waals surface area contributed by atoms with E-state index in [0.717, 1.165) is 44.1 Å². The van der Waals surface area contributed by atoms with Crippen LogP contribution in [0.5, 0.6) is 0 Å². The van der Waals surface area contributed by atoms with Gasteiger partial charge in [-0.2, -0.15) is 0 Å². The summed E-state index contributed by atoms with van der Waals surface area (Å²) in [7, 11) is 0. The molecular weight excluding hydrogens is 355 g/mol. The fraction of sp³-hybridized carbons (Fsp3) is 0.600. The van der Waals surface area contributed by atoms with Crippen LogP contribution < -0.4 is 10.6 Å². The lowest BCUT2D eigenvalue weighted by Crippen LogP contribution is -2.50. The van der Waals surface area contributed by atoms with Crippen LogP contribution in [-0.4, -0.2) is 52.6 Å². The maximum absolute atomic E-state index is 12.1. The van der Waals surface area contributed by atoms with Crippen molar-refractivity contribution in [2.45, 2.75) is 31.5 Å². The van der Waals surface area contributed by atoms with Crippen LogP contribution in [0.15, 0.2) is 24.5 Å². The van der Waals surface area contributed by atoms with Gasteiger partial charge in [-0.25, -0.2) is 0 Å². The van der Waals surface area contributed by atoms with E-state index in [1.54, 1.807) is 11.8 Å². The third-order valence-electron chi connectivity index (χ3n) is 4.12. The number of amides is 1. The molecule has 8 heteroatoms. The highest BCUT2D eigenvalue weighted by molar-refractivity contribution is 7.99. The molecule has 3 rings (SSSR count). The molecule has 0 aromatic carbocycles. The molecule has 2 saturated heterocycles. The Morgan fingerprint density at radius 1 is 1.30 bits per heavy atom. The van der Waals surface area contributed by atoms with E-state index in [2.05, 4.69) is 32.7 Å². The first kappa shape index (κ1) is 20.5. The number of thioether (sulfide) groups is 1. The Morgan fingerprint density at radius 2 is 2.00 bits per heavy atom. The van der Waals surface area contributed by atoms with Gasteiger partial charge in [0.2, 0.25) is 5.91 Å². The molecule has 0 spiro atoms. The molecule has 1 aromatic rings. The van der Waals surface area contributed by atoms with Crippen molar-refractivity contribution in [3.63, 3.8) is 0 Å². The van der Waals surface area contributed by atoms with Gasteiger partial charge in [-0.1, -0.05) is 0 Å². The van der Waals surface area contributed by atoms with Crippen LogP contribution in [0.2, 0.25) is 0 Å². The second kappa shape index (κ2) is 10.4. The van der Waals surface area contributed by atoms with Gasteiger partial charge in [0.15, 0.2) is 0 Å². The minimum absolute atomic E-state index is 0. The van der Waals surface area contributed by atoms with Gasteiger partial charge in [-0.05, 0) is 30.5 Å². The van der Waals surface area contributed by atoms with Gasteiger partial charge in [0.25, 0.3) is 0 Å². The van der Waals surface area contributed by atoms with Crippen molar-refractivity contribution >= 4 is 42.5 Å². The van der Waals surface area contributed by atoms with Crippen molar-refractivity contribution in [1.82, 2.24) is 20.5 Å². The standard InChI is InChI=1S/C15H22N4OS.2ClH/c20-15(14-10-21-11-17-14)18-13-3-7-19(8-4-13)9-12-1-5-16-6-2-12;;/h1-2,5-6,13-14,17H,3-4,7-11H2,(H,18,20);2*1H. The number of rotatable bonds is 4. The van der Waals surface area contributed by atoms with Crippen molar-refractivity contribution in [1.29, 1.82) is 0 Å². The predicted octanol–water partition coefficient (Wildman–Crippen LogP) is 1.67. The number of carbonyl (C=O) groups excluding carboxylic acids is 1. The van der Waals surface area contributed by atoms with Crippen molar-refractivity contribution < 1.29 is 4.79 Å². The summed E-state index contributed by atoms with van der Waals surface area (Å²) in [5.41, 5.74) is 1.31. The molecule has 3 heterocycles. The fourth-order valence-electron chi connectivity index (χ4n) is 2.85. The molecule has 2 aliphatic rings. The number of aromatic nitrogens is 1. The number of hydrogen-bond acceptors (Lipinski definition) is 5. The molecule has 1 atom stereocenters. The molecular formula is C15H24Cl2N4OS. The number of halogens is 2. The molecule has 0 aliphatic carbocycles. The van der Waals surface area contributed by atoms with E-state index in [9.17, 15) is 4.79 Å². The maximum Gasteiger partial charge on any atom is 0.238 e. The highest BCUT2D eigenvalue weighted by Crippen LogP contribution is 2.15. The number of nitrogens with zero attached hydrogens (tertiary/aromatic N) is 2. The van der Waals surface area contributed by atoms with E-state index in [1.807, 2.05) is 12.4 Å². The first-order valence-electron chi connectivity index (χ1n) is 7.54. The summed E-state index contributed by atoms with van der Waals surface area (Å²) in [6, 6.07) is 4.47. The van der Waals surface area contributed by atoms with Crippen LogP contribution in [0.1, 0.15) is 18.4 Å². The number of carbonyl (C=O) groups is 1. The van der Waals surface area contributed by atoms with E-state index >= 15 is 0 Å². The van der Waals surface area contributed by atoms with Crippen LogP contribution in [0.3, 0.4) is 0 Å². The lowest BCUT2D eigenvalue weighted by Gasteiger charge is -2.32. The summed E-state index contributed by atoms with van der Waals surface area (Å²) < 4.78 is 0. The second-order valence-electron chi connectivity index (χ2n) is 5.69. The van der Waals surface area contributed by atoms with E-state index in [1.165, 1.54) is 5.56 Å². The average Bonchev–Trinajstić information content (AvgIpc) is 3.05. The van der Waals surface area contributed by atoms with Crippen LogP contribution in [0.25, 0.3) is 0 Å². The summed E-state index contributed by atoms with van der Waals surface area (Å²) >= 11 is 1.79. The first-order valence-corrected chi connectivity index (χ1v) is 8.69. The summed E-state index contributed by atoms with van der Waals surface area (Å²) in [5, 5.41) is 6.42. The molecule has 5 nitrogen and oxygen atoms in total. The number of piperidine rings is 1. The maximum atomic E-state index is 12.1. The SMILES string of the molecule is Cl.Cl.O=C(NC1CCN(Cc2ccncc2)CC1)C1CSCN1. The Kier molecular flexibility index (Phi) is 9.24. The van der Waals surface area contributed by atoms with Gasteiger partial charge < -0.3 is 5.32 Å². The molecule has 2 aliphatic heterocycles. The smallest absolute Gasteiger partial charge is 0.238 e. The molecule has 0 saturated carbocycles. The number of likely N-dealkylation sites (tertiary alicyclic amines) is 1. The molecule has 0 radical (unpaired) electrons. The minimum Gasteiger partial charge on any atom is -0.352 e. The van der Waals surface area contributed by atoms with Crippen molar-refractivity contribution in [2.75, 3.05) is 24.7 Å². The topological polar surface area (TPSA) is 57.3 Å². The quantitative estimate of drug-likeness (QED) is 0.834. The zero-order valence-electron chi connectivity index (χ0n) is 12.9. The normalized spacial score (nSPS) is 22.0. The number of pyridine rings is 1. The van der Waals surface area contributed by atoms with E-state index in [-0.39, 0.29) is 36.8 Å².